The molecule has 0 saturated heterocycles. The minimum absolute atomic E-state index is 0.899. The van der Waals surface area contributed by atoms with Crippen molar-refractivity contribution in [3.63, 3.8) is 0 Å². The van der Waals surface area contributed by atoms with Crippen LogP contribution in [0, 0.1) is 18.8 Å². The summed E-state index contributed by atoms with van der Waals surface area (Å²) in [6.45, 7) is 4.34. The Morgan fingerprint density at radius 2 is 1.93 bits per heavy atom. The first-order chi connectivity index (χ1) is 6.84. The van der Waals surface area contributed by atoms with Crippen molar-refractivity contribution in [1.29, 1.82) is 0 Å². The molecule has 74 valence electrons. The summed E-state index contributed by atoms with van der Waals surface area (Å²) in [4.78, 5) is 0. The van der Waals surface area contributed by atoms with Gasteiger partial charge in [-0.1, -0.05) is 43.5 Å². The lowest BCUT2D eigenvalue weighted by Crippen LogP contribution is -1.85. The van der Waals surface area contributed by atoms with Crippen LogP contribution in [0.1, 0.15) is 37.3 Å². The van der Waals surface area contributed by atoms with Crippen molar-refractivity contribution in [2.45, 2.75) is 39.5 Å². The first kappa shape index (κ1) is 10.9. The lowest BCUT2D eigenvalue weighted by atomic mass is 10.1. The first-order valence-corrected chi connectivity index (χ1v) is 5.35. The average molecular weight is 186 g/mol. The van der Waals surface area contributed by atoms with Gasteiger partial charge >= 0.3 is 0 Å². The van der Waals surface area contributed by atoms with Crippen molar-refractivity contribution in [2.24, 2.45) is 0 Å². The molecule has 0 unspecified atom stereocenters. The van der Waals surface area contributed by atoms with E-state index < -0.39 is 0 Å². The molecular weight excluding hydrogens is 168 g/mol. The van der Waals surface area contributed by atoms with E-state index in [1.807, 2.05) is 0 Å². The molecule has 0 spiro atoms. The van der Waals surface area contributed by atoms with Gasteiger partial charge in [-0.05, 0) is 24.5 Å². The summed E-state index contributed by atoms with van der Waals surface area (Å²) < 4.78 is 0. The molecule has 0 aromatic heterocycles. The van der Waals surface area contributed by atoms with Crippen molar-refractivity contribution < 1.29 is 0 Å². The molecule has 1 rings (SSSR count). The normalized spacial score (nSPS) is 9.29. The molecular formula is C14H18. The van der Waals surface area contributed by atoms with Gasteiger partial charge < -0.3 is 0 Å². The van der Waals surface area contributed by atoms with E-state index in [2.05, 4.69) is 50.0 Å². The summed E-state index contributed by atoms with van der Waals surface area (Å²) in [5.41, 5.74) is 2.70. The van der Waals surface area contributed by atoms with E-state index in [1.165, 1.54) is 24.0 Å². The Kier molecular flexibility index (Phi) is 4.86. The SMILES string of the molecule is CCCCC#CCc1ccccc1C. The van der Waals surface area contributed by atoms with Gasteiger partial charge in [-0.2, -0.15) is 0 Å². The molecule has 0 aliphatic rings. The Bertz CT molecular complexity index is 325. The standard InChI is InChI=1S/C14H18/c1-3-4-5-6-7-11-14-12-9-8-10-13(14)2/h8-10,12H,3-5,11H2,1-2H3. The third-order valence-corrected chi connectivity index (χ3v) is 2.32. The van der Waals surface area contributed by atoms with Crippen LogP contribution in [0.2, 0.25) is 0 Å². The van der Waals surface area contributed by atoms with Crippen LogP contribution >= 0.6 is 0 Å². The molecule has 0 nitrogen and oxygen atoms in total. The topological polar surface area (TPSA) is 0 Å². The fourth-order valence-corrected chi connectivity index (χ4v) is 1.32. The number of benzene rings is 1. The van der Waals surface area contributed by atoms with Crippen LogP contribution in [0.15, 0.2) is 24.3 Å². The number of unbranched alkanes of at least 4 members (excludes halogenated alkanes) is 2. The average Bonchev–Trinajstić information content (AvgIpc) is 2.20. The molecule has 1 aromatic rings. The van der Waals surface area contributed by atoms with Crippen LogP contribution in [0.3, 0.4) is 0 Å². The fourth-order valence-electron chi connectivity index (χ4n) is 1.32. The van der Waals surface area contributed by atoms with Crippen LogP contribution in [0.5, 0.6) is 0 Å². The van der Waals surface area contributed by atoms with Gasteiger partial charge in [-0.3, -0.25) is 0 Å². The largest absolute Gasteiger partial charge is 0.103 e. The molecule has 0 bridgehead atoms. The highest BCUT2D eigenvalue weighted by Gasteiger charge is 1.92. The van der Waals surface area contributed by atoms with E-state index in [4.69, 9.17) is 0 Å². The highest BCUT2D eigenvalue weighted by molar-refractivity contribution is 5.29. The summed E-state index contributed by atoms with van der Waals surface area (Å²) in [6.07, 6.45) is 4.40. The molecule has 0 atom stereocenters. The van der Waals surface area contributed by atoms with Crippen LogP contribution in [-0.4, -0.2) is 0 Å². The van der Waals surface area contributed by atoms with Gasteiger partial charge in [0.1, 0.15) is 0 Å². The maximum Gasteiger partial charge on any atom is 0.0342 e. The van der Waals surface area contributed by atoms with Crippen molar-refractivity contribution in [1.82, 2.24) is 0 Å². The van der Waals surface area contributed by atoms with Crippen molar-refractivity contribution >= 4 is 0 Å². The van der Waals surface area contributed by atoms with E-state index in [0.717, 1.165) is 12.8 Å². The van der Waals surface area contributed by atoms with E-state index >= 15 is 0 Å². The Balaban J connectivity index is 2.44. The molecule has 0 saturated carbocycles. The second-order valence-electron chi connectivity index (χ2n) is 3.56. The zero-order chi connectivity index (χ0) is 10.2. The van der Waals surface area contributed by atoms with Crippen LogP contribution in [0.25, 0.3) is 0 Å². The first-order valence-electron chi connectivity index (χ1n) is 5.35. The summed E-state index contributed by atoms with van der Waals surface area (Å²) in [5.74, 6) is 6.44. The predicted octanol–water partition coefficient (Wildman–Crippen LogP) is 3.73. The summed E-state index contributed by atoms with van der Waals surface area (Å²) in [5, 5.41) is 0. The smallest absolute Gasteiger partial charge is 0.0342 e. The quantitative estimate of drug-likeness (QED) is 0.498. The van der Waals surface area contributed by atoms with Crippen LogP contribution in [-0.2, 0) is 6.42 Å². The molecule has 0 amide bonds. The van der Waals surface area contributed by atoms with Crippen molar-refractivity contribution in [3.05, 3.63) is 35.4 Å². The molecule has 0 aliphatic heterocycles. The van der Waals surface area contributed by atoms with Crippen molar-refractivity contribution in [3.8, 4) is 11.8 Å². The Morgan fingerprint density at radius 1 is 1.14 bits per heavy atom. The van der Waals surface area contributed by atoms with Gasteiger partial charge in [0.25, 0.3) is 0 Å². The van der Waals surface area contributed by atoms with Crippen LogP contribution in [0.4, 0.5) is 0 Å². The Morgan fingerprint density at radius 3 is 2.64 bits per heavy atom. The summed E-state index contributed by atoms with van der Waals surface area (Å²) >= 11 is 0. The molecule has 0 radical (unpaired) electrons. The number of hydrogen-bond donors (Lipinski definition) is 0. The van der Waals surface area contributed by atoms with Gasteiger partial charge in [0, 0.05) is 12.8 Å². The third kappa shape index (κ3) is 3.66. The maximum absolute atomic E-state index is 3.23. The monoisotopic (exact) mass is 186 g/mol. The second kappa shape index (κ2) is 6.27. The maximum atomic E-state index is 3.23. The molecule has 1 aromatic carbocycles. The van der Waals surface area contributed by atoms with Crippen LogP contribution < -0.4 is 0 Å². The highest BCUT2D eigenvalue weighted by atomic mass is 14.0. The molecule has 0 heterocycles. The van der Waals surface area contributed by atoms with E-state index in [0.29, 0.717) is 0 Å². The van der Waals surface area contributed by atoms with Gasteiger partial charge in [-0.15, -0.1) is 5.92 Å². The van der Waals surface area contributed by atoms with E-state index in [1.54, 1.807) is 0 Å². The zero-order valence-electron chi connectivity index (χ0n) is 9.14. The summed E-state index contributed by atoms with van der Waals surface area (Å²) in [7, 11) is 0. The highest BCUT2D eigenvalue weighted by Crippen LogP contribution is 2.06. The zero-order valence-corrected chi connectivity index (χ0v) is 9.14. The van der Waals surface area contributed by atoms with Gasteiger partial charge in [0.2, 0.25) is 0 Å². The number of rotatable bonds is 3. The predicted molar refractivity (Wildman–Crippen MR) is 62.2 cm³/mol. The van der Waals surface area contributed by atoms with Gasteiger partial charge in [-0.25, -0.2) is 0 Å². The Labute approximate surface area is 87.4 Å². The van der Waals surface area contributed by atoms with Gasteiger partial charge in [0.05, 0.1) is 0 Å². The van der Waals surface area contributed by atoms with E-state index in [9.17, 15) is 0 Å². The minimum atomic E-state index is 0.899. The molecule has 0 N–H and O–H groups in total. The molecule has 0 heteroatoms. The second-order valence-corrected chi connectivity index (χ2v) is 3.56. The molecule has 0 fully saturated rings. The third-order valence-electron chi connectivity index (χ3n) is 2.32. The van der Waals surface area contributed by atoms with Gasteiger partial charge in [0.15, 0.2) is 0 Å². The van der Waals surface area contributed by atoms with Crippen molar-refractivity contribution in [2.75, 3.05) is 0 Å². The molecule has 14 heavy (non-hydrogen) atoms. The minimum Gasteiger partial charge on any atom is -0.103 e. The van der Waals surface area contributed by atoms with E-state index in [-0.39, 0.29) is 0 Å². The lowest BCUT2D eigenvalue weighted by molar-refractivity contribution is 0.827. The Hall–Kier alpha value is -1.22. The number of hydrogen-bond acceptors (Lipinski definition) is 0. The lowest BCUT2D eigenvalue weighted by Gasteiger charge is -1.98. The number of aryl methyl sites for hydroxylation is 1. The fraction of sp³-hybridized carbons (Fsp3) is 0.429. The summed E-state index contributed by atoms with van der Waals surface area (Å²) in [6, 6.07) is 8.45. The molecule has 0 aliphatic carbocycles.